The maximum atomic E-state index is 14.1. The lowest BCUT2D eigenvalue weighted by Gasteiger charge is -2.68. The molecule has 2 nitrogen and oxygen atoms in total. The molecule has 0 saturated heterocycles. The van der Waals surface area contributed by atoms with Gasteiger partial charge in [-0.15, -0.1) is 0 Å². The molecule has 5 rings (SSSR count). The largest absolute Gasteiger partial charge is 0.348 e. The molecular formula is C30H49NO. The molecule has 5 saturated carbocycles. The smallest absolute Gasteiger partial charge is 0.229 e. The van der Waals surface area contributed by atoms with Gasteiger partial charge in [0, 0.05) is 14.1 Å². The lowest BCUT2D eigenvalue weighted by molar-refractivity contribution is -0.208. The van der Waals surface area contributed by atoms with Gasteiger partial charge in [0.2, 0.25) is 5.91 Å². The number of hydrogen-bond acceptors (Lipinski definition) is 1. The molecule has 1 amide bonds. The molecule has 0 aliphatic heterocycles. The summed E-state index contributed by atoms with van der Waals surface area (Å²) in [5.74, 6) is 6.29. The van der Waals surface area contributed by atoms with E-state index in [2.05, 4.69) is 34.3 Å². The first-order valence-corrected chi connectivity index (χ1v) is 13.9. The molecule has 0 N–H and O–H groups in total. The monoisotopic (exact) mass is 439 g/mol. The number of hydrogen-bond donors (Lipinski definition) is 0. The van der Waals surface area contributed by atoms with E-state index in [0.29, 0.717) is 17.7 Å². The zero-order valence-electron chi connectivity index (χ0n) is 21.9. The molecule has 0 aromatic rings. The maximum absolute atomic E-state index is 14.1. The van der Waals surface area contributed by atoms with E-state index in [0.717, 1.165) is 42.4 Å². The molecular weight excluding hydrogens is 390 g/mol. The molecule has 2 heteroatoms. The third-order valence-corrected chi connectivity index (χ3v) is 12.3. The van der Waals surface area contributed by atoms with Crippen LogP contribution in [0.1, 0.15) is 98.3 Å². The van der Waals surface area contributed by atoms with Gasteiger partial charge < -0.3 is 4.90 Å². The second kappa shape index (κ2) is 7.61. The highest BCUT2D eigenvalue weighted by atomic mass is 16.2. The average molecular weight is 440 g/mol. The van der Waals surface area contributed by atoms with E-state index >= 15 is 0 Å². The molecule has 9 atom stereocenters. The number of rotatable bonds is 2. The van der Waals surface area contributed by atoms with Crippen LogP contribution in [-0.2, 0) is 4.79 Å². The van der Waals surface area contributed by atoms with Gasteiger partial charge in [-0.1, -0.05) is 52.2 Å². The number of carbonyl (C=O) groups excluding carboxylic acids is 1. The van der Waals surface area contributed by atoms with Crippen molar-refractivity contribution in [3.8, 4) is 0 Å². The second-order valence-corrected chi connectivity index (χ2v) is 13.9. The van der Waals surface area contributed by atoms with Crippen LogP contribution in [-0.4, -0.2) is 24.9 Å². The van der Waals surface area contributed by atoms with E-state index < -0.39 is 0 Å². The summed E-state index contributed by atoms with van der Waals surface area (Å²) in [6, 6.07) is 0. The van der Waals surface area contributed by atoms with Crippen LogP contribution in [0.3, 0.4) is 0 Å². The number of allylic oxidation sites excluding steroid dienone is 1. The number of amides is 1. The van der Waals surface area contributed by atoms with Gasteiger partial charge in [-0.3, -0.25) is 4.79 Å². The molecule has 9 unspecified atom stereocenters. The van der Waals surface area contributed by atoms with Gasteiger partial charge in [0.1, 0.15) is 0 Å². The van der Waals surface area contributed by atoms with Crippen molar-refractivity contribution in [1.29, 1.82) is 0 Å². The SMILES string of the molecule is C=C(C)C1CCC2(C(=O)N(C)C)C(C)(C)CC3C4CCC5CCCCC5C4CCC3C12C. The first-order chi connectivity index (χ1) is 15.1. The molecule has 180 valence electrons. The summed E-state index contributed by atoms with van der Waals surface area (Å²) in [6.07, 6.45) is 15.1. The van der Waals surface area contributed by atoms with Gasteiger partial charge in [0.25, 0.3) is 0 Å². The molecule has 0 heterocycles. The van der Waals surface area contributed by atoms with Crippen molar-refractivity contribution < 1.29 is 4.79 Å². The van der Waals surface area contributed by atoms with Gasteiger partial charge in [-0.2, -0.15) is 0 Å². The molecule has 5 fully saturated rings. The summed E-state index contributed by atoms with van der Waals surface area (Å²) in [5.41, 5.74) is 1.17. The fraction of sp³-hybridized carbons (Fsp3) is 0.900. The minimum atomic E-state index is -0.247. The van der Waals surface area contributed by atoms with Crippen molar-refractivity contribution in [3.63, 3.8) is 0 Å². The van der Waals surface area contributed by atoms with Crippen molar-refractivity contribution in [2.24, 2.45) is 57.7 Å². The fourth-order valence-electron chi connectivity index (χ4n) is 11.4. The highest BCUT2D eigenvalue weighted by Gasteiger charge is 2.74. The minimum Gasteiger partial charge on any atom is -0.348 e. The molecule has 0 radical (unpaired) electrons. The Labute approximate surface area is 198 Å². The van der Waals surface area contributed by atoms with Gasteiger partial charge in [0.05, 0.1) is 5.41 Å². The quantitative estimate of drug-likeness (QED) is 0.412. The Morgan fingerprint density at radius 3 is 2.19 bits per heavy atom. The normalized spacial score (nSPS) is 49.2. The Bertz CT molecular complexity index is 782. The zero-order valence-corrected chi connectivity index (χ0v) is 21.9. The molecule has 0 aromatic heterocycles. The molecule has 0 bridgehead atoms. The van der Waals surface area contributed by atoms with Crippen LogP contribution < -0.4 is 0 Å². The van der Waals surface area contributed by atoms with Crippen molar-refractivity contribution in [3.05, 3.63) is 12.2 Å². The average Bonchev–Trinajstić information content (AvgIpc) is 3.08. The van der Waals surface area contributed by atoms with Crippen molar-refractivity contribution in [2.75, 3.05) is 14.1 Å². The summed E-state index contributed by atoms with van der Waals surface area (Å²) < 4.78 is 0. The Hall–Kier alpha value is -0.790. The first-order valence-electron chi connectivity index (χ1n) is 13.9. The van der Waals surface area contributed by atoms with Crippen LogP contribution in [0.2, 0.25) is 0 Å². The third-order valence-electron chi connectivity index (χ3n) is 12.3. The third kappa shape index (κ3) is 2.79. The van der Waals surface area contributed by atoms with E-state index in [9.17, 15) is 4.79 Å². The van der Waals surface area contributed by atoms with Crippen molar-refractivity contribution >= 4 is 5.91 Å². The summed E-state index contributed by atoms with van der Waals surface area (Å²) in [7, 11) is 3.99. The Kier molecular flexibility index (Phi) is 5.46. The predicted molar refractivity (Wildman–Crippen MR) is 133 cm³/mol. The summed E-state index contributed by atoms with van der Waals surface area (Å²) in [5, 5.41) is 0. The zero-order chi connectivity index (χ0) is 23.1. The summed E-state index contributed by atoms with van der Waals surface area (Å²) in [4.78, 5) is 16.1. The minimum absolute atomic E-state index is 0.0414. The predicted octanol–water partition coefficient (Wildman–Crippen LogP) is 7.34. The standard InChI is InChI=1S/C30H49NO/c1-19(2)25-16-17-30(27(32)31(6)7)28(3,4)18-24-23-13-12-20-10-8-9-11-21(20)22(23)14-15-26(24)29(25,30)5/h20-26H,1,8-18H2,2-7H3. The molecule has 5 aliphatic carbocycles. The number of carbonyl (C=O) groups is 1. The lowest BCUT2D eigenvalue weighted by Crippen LogP contribution is -2.66. The highest BCUT2D eigenvalue weighted by Crippen LogP contribution is 2.77. The number of nitrogens with zero attached hydrogens (tertiary/aromatic N) is 1. The highest BCUT2D eigenvalue weighted by molar-refractivity contribution is 5.85. The summed E-state index contributed by atoms with van der Waals surface area (Å²) >= 11 is 0. The van der Waals surface area contributed by atoms with E-state index in [1.54, 1.807) is 0 Å². The topological polar surface area (TPSA) is 20.3 Å². The number of fused-ring (bicyclic) bond motifs is 7. The van der Waals surface area contributed by atoms with Crippen LogP contribution in [0.15, 0.2) is 12.2 Å². The molecule has 0 aromatic carbocycles. The van der Waals surface area contributed by atoms with Crippen LogP contribution in [0.4, 0.5) is 0 Å². The van der Waals surface area contributed by atoms with E-state index in [4.69, 9.17) is 0 Å². The lowest BCUT2D eigenvalue weighted by atomic mass is 9.36. The van der Waals surface area contributed by atoms with E-state index in [1.807, 2.05) is 19.0 Å². The van der Waals surface area contributed by atoms with Gasteiger partial charge in [-0.05, 0) is 111 Å². The Morgan fingerprint density at radius 2 is 1.50 bits per heavy atom. The molecule has 0 spiro atoms. The van der Waals surface area contributed by atoms with E-state index in [-0.39, 0.29) is 16.2 Å². The summed E-state index contributed by atoms with van der Waals surface area (Å²) in [6.45, 7) is 14.3. The fourth-order valence-corrected chi connectivity index (χ4v) is 11.4. The maximum Gasteiger partial charge on any atom is 0.229 e. The van der Waals surface area contributed by atoms with Gasteiger partial charge in [-0.25, -0.2) is 0 Å². The van der Waals surface area contributed by atoms with Crippen LogP contribution in [0.25, 0.3) is 0 Å². The molecule has 5 aliphatic rings. The van der Waals surface area contributed by atoms with Crippen LogP contribution in [0, 0.1) is 57.7 Å². The van der Waals surface area contributed by atoms with Gasteiger partial charge in [0.15, 0.2) is 0 Å². The Balaban J connectivity index is 1.59. The van der Waals surface area contributed by atoms with Crippen molar-refractivity contribution in [1.82, 2.24) is 4.90 Å². The Morgan fingerprint density at radius 1 is 0.844 bits per heavy atom. The first kappa shape index (κ1) is 23.0. The van der Waals surface area contributed by atoms with Crippen LogP contribution in [0.5, 0.6) is 0 Å². The van der Waals surface area contributed by atoms with Gasteiger partial charge >= 0.3 is 0 Å². The van der Waals surface area contributed by atoms with Crippen molar-refractivity contribution in [2.45, 2.75) is 98.3 Å². The second-order valence-electron chi connectivity index (χ2n) is 13.9. The van der Waals surface area contributed by atoms with E-state index in [1.165, 1.54) is 63.4 Å². The molecule has 32 heavy (non-hydrogen) atoms. The van der Waals surface area contributed by atoms with Crippen LogP contribution >= 0.6 is 0 Å².